The standard InChI is InChI=1S/C26H20N4O4/c31-22-18-11-12-19-21(29-30-28-19)24(18)34-23(16-5-2-1-3-6-16)20(22)15-7-9-17(10-8-15)26(13-4-14-26)27-25(32)33/h1-3,5-12,27H,4,13-14H2,(H,32,33)(H,28,29,30). The van der Waals surface area contributed by atoms with Crippen LogP contribution in [0.2, 0.25) is 0 Å². The van der Waals surface area contributed by atoms with Gasteiger partial charge in [0.1, 0.15) is 11.3 Å². The molecule has 2 heterocycles. The summed E-state index contributed by atoms with van der Waals surface area (Å²) in [5.41, 5.74) is 3.56. The van der Waals surface area contributed by atoms with Crippen molar-refractivity contribution >= 4 is 28.1 Å². The van der Waals surface area contributed by atoms with Gasteiger partial charge in [-0.1, -0.05) is 54.6 Å². The van der Waals surface area contributed by atoms with Crippen LogP contribution in [0.25, 0.3) is 44.5 Å². The minimum absolute atomic E-state index is 0.167. The van der Waals surface area contributed by atoms with Crippen LogP contribution in [0.4, 0.5) is 4.79 Å². The largest absolute Gasteiger partial charge is 0.465 e. The molecule has 1 amide bonds. The average molecular weight is 452 g/mol. The molecule has 0 atom stereocenters. The summed E-state index contributed by atoms with van der Waals surface area (Å²) in [5.74, 6) is 0.448. The predicted octanol–water partition coefficient (Wildman–Crippen LogP) is 5.05. The normalized spacial score (nSPS) is 14.7. The van der Waals surface area contributed by atoms with Crippen molar-refractivity contribution in [3.8, 4) is 22.5 Å². The van der Waals surface area contributed by atoms with Crippen LogP contribution in [-0.2, 0) is 5.54 Å². The number of aromatic nitrogens is 3. The molecule has 1 fully saturated rings. The lowest BCUT2D eigenvalue weighted by Crippen LogP contribution is -2.50. The number of rotatable bonds is 4. The number of carboxylic acid groups (broad SMARTS) is 1. The molecule has 0 spiro atoms. The van der Waals surface area contributed by atoms with Gasteiger partial charge in [0.15, 0.2) is 11.1 Å². The summed E-state index contributed by atoms with van der Waals surface area (Å²) in [6, 6.07) is 20.4. The topological polar surface area (TPSA) is 121 Å². The molecule has 8 nitrogen and oxygen atoms in total. The van der Waals surface area contributed by atoms with Crippen molar-refractivity contribution in [2.45, 2.75) is 24.8 Å². The Morgan fingerprint density at radius 2 is 1.74 bits per heavy atom. The summed E-state index contributed by atoms with van der Waals surface area (Å²) in [6.07, 6.45) is 1.43. The first-order chi connectivity index (χ1) is 16.6. The van der Waals surface area contributed by atoms with E-state index in [4.69, 9.17) is 4.42 Å². The number of amides is 1. The SMILES string of the molecule is O=C(O)NC1(c2ccc(-c3c(-c4ccccc4)oc4c(ccc5n[nH]nc54)c3=O)cc2)CCC1. The Hall–Kier alpha value is -4.46. The van der Waals surface area contributed by atoms with Crippen LogP contribution in [0.3, 0.4) is 0 Å². The second-order valence-electron chi connectivity index (χ2n) is 8.58. The van der Waals surface area contributed by atoms with Crippen LogP contribution in [-0.4, -0.2) is 26.6 Å². The number of hydrogen-bond acceptors (Lipinski definition) is 5. The van der Waals surface area contributed by atoms with Gasteiger partial charge in [0, 0.05) is 5.56 Å². The fourth-order valence-corrected chi connectivity index (χ4v) is 4.79. The monoisotopic (exact) mass is 452 g/mol. The van der Waals surface area contributed by atoms with Crippen LogP contribution in [0, 0.1) is 0 Å². The highest BCUT2D eigenvalue weighted by molar-refractivity contribution is 6.02. The Morgan fingerprint density at radius 3 is 2.41 bits per heavy atom. The summed E-state index contributed by atoms with van der Waals surface area (Å²) in [7, 11) is 0. The van der Waals surface area contributed by atoms with Gasteiger partial charge in [-0.05, 0) is 42.5 Å². The van der Waals surface area contributed by atoms with Gasteiger partial charge in [0.25, 0.3) is 0 Å². The van der Waals surface area contributed by atoms with Gasteiger partial charge < -0.3 is 14.8 Å². The summed E-state index contributed by atoms with van der Waals surface area (Å²) in [5, 5.41) is 23.3. The van der Waals surface area contributed by atoms with Gasteiger partial charge in [0.2, 0.25) is 5.43 Å². The number of H-pyrrole nitrogens is 1. The lowest BCUT2D eigenvalue weighted by Gasteiger charge is -2.42. The number of nitrogens with one attached hydrogen (secondary N) is 2. The molecule has 8 heteroatoms. The first-order valence-electron chi connectivity index (χ1n) is 11.0. The van der Waals surface area contributed by atoms with Crippen molar-refractivity contribution in [1.82, 2.24) is 20.7 Å². The fourth-order valence-electron chi connectivity index (χ4n) is 4.79. The molecular formula is C26H20N4O4. The molecule has 34 heavy (non-hydrogen) atoms. The van der Waals surface area contributed by atoms with E-state index < -0.39 is 11.6 Å². The molecule has 1 saturated carbocycles. The molecule has 0 unspecified atom stereocenters. The molecule has 3 N–H and O–H groups in total. The molecule has 5 aromatic rings. The molecular weight excluding hydrogens is 432 g/mol. The number of aromatic amines is 1. The maximum atomic E-state index is 13.8. The van der Waals surface area contributed by atoms with Crippen LogP contribution in [0.5, 0.6) is 0 Å². The van der Waals surface area contributed by atoms with Crippen LogP contribution < -0.4 is 10.7 Å². The Labute approximate surface area is 193 Å². The third-order valence-corrected chi connectivity index (χ3v) is 6.66. The zero-order valence-electron chi connectivity index (χ0n) is 18.0. The minimum Gasteiger partial charge on any atom is -0.465 e. The molecule has 0 radical (unpaired) electrons. The lowest BCUT2D eigenvalue weighted by atomic mass is 9.71. The zero-order valence-corrected chi connectivity index (χ0v) is 18.0. The summed E-state index contributed by atoms with van der Waals surface area (Å²) in [4.78, 5) is 25.1. The number of nitrogens with zero attached hydrogens (tertiary/aromatic N) is 2. The quantitative estimate of drug-likeness (QED) is 0.351. The van der Waals surface area contributed by atoms with E-state index >= 15 is 0 Å². The fraction of sp³-hybridized carbons (Fsp3) is 0.154. The molecule has 168 valence electrons. The van der Waals surface area contributed by atoms with Crippen LogP contribution >= 0.6 is 0 Å². The number of fused-ring (bicyclic) bond motifs is 3. The van der Waals surface area contributed by atoms with Crippen molar-refractivity contribution < 1.29 is 14.3 Å². The molecule has 0 aliphatic heterocycles. The van der Waals surface area contributed by atoms with E-state index in [0.29, 0.717) is 38.9 Å². The molecule has 0 bridgehead atoms. The summed E-state index contributed by atoms with van der Waals surface area (Å²) in [6.45, 7) is 0. The predicted molar refractivity (Wildman–Crippen MR) is 127 cm³/mol. The smallest absolute Gasteiger partial charge is 0.405 e. The zero-order chi connectivity index (χ0) is 23.3. The van der Waals surface area contributed by atoms with E-state index in [9.17, 15) is 14.7 Å². The van der Waals surface area contributed by atoms with Gasteiger partial charge in [-0.15, -0.1) is 0 Å². The summed E-state index contributed by atoms with van der Waals surface area (Å²) >= 11 is 0. The maximum absolute atomic E-state index is 13.8. The van der Waals surface area contributed by atoms with E-state index in [1.54, 1.807) is 12.1 Å². The Kier molecular flexibility index (Phi) is 4.48. The van der Waals surface area contributed by atoms with Gasteiger partial charge >= 0.3 is 6.09 Å². The Bertz CT molecular complexity index is 1600. The van der Waals surface area contributed by atoms with Crippen LogP contribution in [0.1, 0.15) is 24.8 Å². The van der Waals surface area contributed by atoms with Gasteiger partial charge in [-0.25, -0.2) is 4.79 Å². The first kappa shape index (κ1) is 20.2. The second kappa shape index (κ2) is 7.55. The first-order valence-corrected chi connectivity index (χ1v) is 11.0. The van der Waals surface area contributed by atoms with Crippen molar-refractivity contribution in [3.05, 3.63) is 82.5 Å². The second-order valence-corrected chi connectivity index (χ2v) is 8.58. The maximum Gasteiger partial charge on any atom is 0.405 e. The van der Waals surface area contributed by atoms with Crippen LogP contribution in [0.15, 0.2) is 75.9 Å². The van der Waals surface area contributed by atoms with Crippen molar-refractivity contribution in [1.29, 1.82) is 0 Å². The van der Waals surface area contributed by atoms with Crippen molar-refractivity contribution in [2.75, 3.05) is 0 Å². The molecule has 1 aliphatic rings. The highest BCUT2D eigenvalue weighted by Gasteiger charge is 2.40. The minimum atomic E-state index is -1.04. The molecule has 6 rings (SSSR count). The summed E-state index contributed by atoms with van der Waals surface area (Å²) < 4.78 is 6.36. The third kappa shape index (κ3) is 3.07. The van der Waals surface area contributed by atoms with E-state index in [1.165, 1.54) is 0 Å². The Morgan fingerprint density at radius 1 is 0.971 bits per heavy atom. The van der Waals surface area contributed by atoms with Crippen molar-refractivity contribution in [2.24, 2.45) is 0 Å². The van der Waals surface area contributed by atoms with Crippen molar-refractivity contribution in [3.63, 3.8) is 0 Å². The van der Waals surface area contributed by atoms with Gasteiger partial charge in [0.05, 0.1) is 16.5 Å². The molecule has 2 aromatic heterocycles. The van der Waals surface area contributed by atoms with Gasteiger partial charge in [-0.3, -0.25) is 4.79 Å². The highest BCUT2D eigenvalue weighted by Crippen LogP contribution is 2.42. The lowest BCUT2D eigenvalue weighted by molar-refractivity contribution is 0.144. The van der Waals surface area contributed by atoms with E-state index in [1.807, 2.05) is 54.6 Å². The highest BCUT2D eigenvalue weighted by atomic mass is 16.4. The number of hydrogen-bond donors (Lipinski definition) is 3. The molecule has 0 saturated heterocycles. The third-order valence-electron chi connectivity index (χ3n) is 6.66. The van der Waals surface area contributed by atoms with E-state index in [2.05, 4.69) is 20.7 Å². The number of carbonyl (C=O) groups is 1. The van der Waals surface area contributed by atoms with E-state index in [-0.39, 0.29) is 5.43 Å². The molecule has 3 aromatic carbocycles. The molecule has 1 aliphatic carbocycles. The van der Waals surface area contributed by atoms with E-state index in [0.717, 1.165) is 30.4 Å². The van der Waals surface area contributed by atoms with Gasteiger partial charge in [-0.2, -0.15) is 15.4 Å². The Balaban J connectivity index is 1.56. The number of benzene rings is 3. The average Bonchev–Trinajstić information content (AvgIpc) is 3.31.